The van der Waals surface area contributed by atoms with Crippen LogP contribution in [0.15, 0.2) is 18.2 Å². The van der Waals surface area contributed by atoms with Gasteiger partial charge in [-0.2, -0.15) is 0 Å². The van der Waals surface area contributed by atoms with Crippen LogP contribution in [0.5, 0.6) is 0 Å². The highest BCUT2D eigenvalue weighted by Gasteiger charge is 2.34. The highest BCUT2D eigenvalue weighted by atomic mass is 35.5. The van der Waals surface area contributed by atoms with E-state index in [9.17, 15) is 4.39 Å². The Morgan fingerprint density at radius 2 is 1.95 bits per heavy atom. The molecule has 0 aromatic heterocycles. The summed E-state index contributed by atoms with van der Waals surface area (Å²) in [5, 5.41) is 3.39. The van der Waals surface area contributed by atoms with E-state index in [4.69, 9.17) is 0 Å². The molecule has 2 nitrogen and oxygen atoms in total. The van der Waals surface area contributed by atoms with Gasteiger partial charge in [0.25, 0.3) is 0 Å². The fraction of sp³-hybridized carbons (Fsp3) is 0.625. The Bertz CT molecular complexity index is 442. The molecule has 0 amide bonds. The summed E-state index contributed by atoms with van der Waals surface area (Å²) < 4.78 is 14.3. The molecule has 0 unspecified atom stereocenters. The van der Waals surface area contributed by atoms with Crippen LogP contribution in [0.25, 0.3) is 0 Å². The summed E-state index contributed by atoms with van der Waals surface area (Å²) in [7, 11) is 0. The predicted molar refractivity (Wildman–Crippen MR) is 82.9 cm³/mol. The number of piperazine rings is 1. The third-order valence-electron chi connectivity index (χ3n) is 4.61. The number of halogens is 2. The maximum atomic E-state index is 14.3. The average molecular weight is 299 g/mol. The van der Waals surface area contributed by atoms with Crippen LogP contribution in [0.1, 0.15) is 36.4 Å². The van der Waals surface area contributed by atoms with Gasteiger partial charge in [-0.3, -0.25) is 4.90 Å². The summed E-state index contributed by atoms with van der Waals surface area (Å²) in [5.41, 5.74) is 2.09. The molecule has 4 heteroatoms. The number of hydrogen-bond acceptors (Lipinski definition) is 2. The topological polar surface area (TPSA) is 15.3 Å². The van der Waals surface area contributed by atoms with Gasteiger partial charge in [-0.15, -0.1) is 12.4 Å². The lowest BCUT2D eigenvalue weighted by atomic mass is 9.76. The van der Waals surface area contributed by atoms with Gasteiger partial charge in [-0.05, 0) is 31.7 Å². The van der Waals surface area contributed by atoms with Gasteiger partial charge < -0.3 is 5.32 Å². The molecule has 1 N–H and O–H groups in total. The van der Waals surface area contributed by atoms with Gasteiger partial charge in [0.15, 0.2) is 0 Å². The highest BCUT2D eigenvalue weighted by molar-refractivity contribution is 5.85. The van der Waals surface area contributed by atoms with E-state index < -0.39 is 0 Å². The van der Waals surface area contributed by atoms with Crippen molar-refractivity contribution < 1.29 is 4.39 Å². The van der Waals surface area contributed by atoms with E-state index in [1.54, 1.807) is 6.07 Å². The molecule has 1 heterocycles. The molecule has 2 fully saturated rings. The second-order valence-corrected chi connectivity index (χ2v) is 5.95. The fourth-order valence-corrected chi connectivity index (χ4v) is 3.35. The first-order valence-corrected chi connectivity index (χ1v) is 7.46. The van der Waals surface area contributed by atoms with Gasteiger partial charge in [0.1, 0.15) is 5.82 Å². The highest BCUT2D eigenvalue weighted by Crippen LogP contribution is 2.42. The fourth-order valence-electron chi connectivity index (χ4n) is 3.35. The van der Waals surface area contributed by atoms with Crippen LogP contribution in [0.3, 0.4) is 0 Å². The van der Waals surface area contributed by atoms with Crippen molar-refractivity contribution in [2.24, 2.45) is 5.92 Å². The monoisotopic (exact) mass is 298 g/mol. The molecule has 1 aliphatic heterocycles. The van der Waals surface area contributed by atoms with Crippen molar-refractivity contribution in [3.8, 4) is 0 Å². The molecule has 0 radical (unpaired) electrons. The van der Waals surface area contributed by atoms with Crippen molar-refractivity contribution in [1.82, 2.24) is 10.2 Å². The lowest BCUT2D eigenvalue weighted by Gasteiger charge is -2.43. The first kappa shape index (κ1) is 15.7. The summed E-state index contributed by atoms with van der Waals surface area (Å²) in [6.07, 6.45) is 3.81. The first-order chi connectivity index (χ1) is 9.25. The minimum absolute atomic E-state index is 0. The third-order valence-corrected chi connectivity index (χ3v) is 4.61. The zero-order valence-corrected chi connectivity index (χ0v) is 12.9. The SMILES string of the molecule is Cc1ccc(F)c([C@H](C2CCC2)N2CCNCC2)c1.Cl. The average Bonchev–Trinajstić information content (AvgIpc) is 2.38. The number of aryl methyl sites for hydroxylation is 1. The van der Waals surface area contributed by atoms with E-state index in [0.29, 0.717) is 5.92 Å². The Balaban J connectivity index is 0.00000147. The van der Waals surface area contributed by atoms with E-state index in [1.165, 1.54) is 19.3 Å². The van der Waals surface area contributed by atoms with E-state index >= 15 is 0 Å². The lowest BCUT2D eigenvalue weighted by Crippen LogP contribution is -2.48. The lowest BCUT2D eigenvalue weighted by molar-refractivity contribution is 0.0811. The molecule has 1 aliphatic carbocycles. The molecule has 1 saturated heterocycles. The molecule has 112 valence electrons. The van der Waals surface area contributed by atoms with Crippen molar-refractivity contribution in [3.05, 3.63) is 35.1 Å². The maximum Gasteiger partial charge on any atom is 0.128 e. The van der Waals surface area contributed by atoms with E-state index in [2.05, 4.69) is 23.2 Å². The van der Waals surface area contributed by atoms with Crippen molar-refractivity contribution in [3.63, 3.8) is 0 Å². The normalized spacial score (nSPS) is 21.9. The molecule has 1 aromatic carbocycles. The maximum absolute atomic E-state index is 14.3. The second kappa shape index (κ2) is 6.88. The number of nitrogens with zero attached hydrogens (tertiary/aromatic N) is 1. The Hall–Kier alpha value is -0.640. The second-order valence-electron chi connectivity index (χ2n) is 5.95. The van der Waals surface area contributed by atoms with Gasteiger partial charge >= 0.3 is 0 Å². The zero-order chi connectivity index (χ0) is 13.2. The summed E-state index contributed by atoms with van der Waals surface area (Å²) in [5.74, 6) is 0.621. The molecule has 2 aliphatic rings. The van der Waals surface area contributed by atoms with Crippen molar-refractivity contribution >= 4 is 12.4 Å². The van der Waals surface area contributed by atoms with Crippen molar-refractivity contribution in [2.45, 2.75) is 32.2 Å². The number of benzene rings is 1. The third kappa shape index (κ3) is 3.16. The van der Waals surface area contributed by atoms with Crippen LogP contribution >= 0.6 is 12.4 Å². The Morgan fingerprint density at radius 1 is 1.25 bits per heavy atom. The van der Waals surface area contributed by atoms with Crippen LogP contribution in [0, 0.1) is 18.7 Å². The van der Waals surface area contributed by atoms with Crippen LogP contribution < -0.4 is 5.32 Å². The van der Waals surface area contributed by atoms with Gasteiger partial charge in [-0.1, -0.05) is 24.1 Å². The van der Waals surface area contributed by atoms with Crippen LogP contribution in [0.2, 0.25) is 0 Å². The molecule has 1 saturated carbocycles. The first-order valence-electron chi connectivity index (χ1n) is 7.46. The molecular weight excluding hydrogens is 275 g/mol. The number of rotatable bonds is 3. The minimum Gasteiger partial charge on any atom is -0.314 e. The quantitative estimate of drug-likeness (QED) is 0.921. The molecule has 1 atom stereocenters. The van der Waals surface area contributed by atoms with Crippen molar-refractivity contribution in [1.29, 1.82) is 0 Å². The number of nitrogens with one attached hydrogen (secondary N) is 1. The van der Waals surface area contributed by atoms with Gasteiger partial charge in [0.05, 0.1) is 0 Å². The van der Waals surface area contributed by atoms with E-state index in [-0.39, 0.29) is 24.3 Å². The Morgan fingerprint density at radius 3 is 2.55 bits per heavy atom. The van der Waals surface area contributed by atoms with E-state index in [0.717, 1.165) is 37.3 Å². The number of hydrogen-bond donors (Lipinski definition) is 1. The molecule has 1 aromatic rings. The summed E-state index contributed by atoms with van der Waals surface area (Å²) >= 11 is 0. The smallest absolute Gasteiger partial charge is 0.128 e. The largest absolute Gasteiger partial charge is 0.314 e. The summed E-state index contributed by atoms with van der Waals surface area (Å²) in [6.45, 7) is 6.18. The Kier molecular flexibility index (Phi) is 5.42. The van der Waals surface area contributed by atoms with Crippen LogP contribution in [-0.2, 0) is 0 Å². The Labute approximate surface area is 127 Å². The summed E-state index contributed by atoms with van der Waals surface area (Å²) in [4.78, 5) is 2.48. The zero-order valence-electron chi connectivity index (χ0n) is 12.1. The van der Waals surface area contributed by atoms with Crippen LogP contribution in [-0.4, -0.2) is 31.1 Å². The molecular formula is C16H24ClFN2. The van der Waals surface area contributed by atoms with Gasteiger partial charge in [0.2, 0.25) is 0 Å². The summed E-state index contributed by atoms with van der Waals surface area (Å²) in [6, 6.07) is 5.85. The minimum atomic E-state index is -0.0268. The molecule has 3 rings (SSSR count). The van der Waals surface area contributed by atoms with Crippen LogP contribution in [0.4, 0.5) is 4.39 Å². The predicted octanol–water partition coefficient (Wildman–Crippen LogP) is 3.30. The standard InChI is InChI=1S/C16H23FN2.ClH/c1-12-5-6-15(17)14(11-12)16(13-3-2-4-13)19-9-7-18-8-10-19;/h5-6,11,13,16,18H,2-4,7-10H2,1H3;1H/t16-;/m0./s1. The molecule has 0 bridgehead atoms. The molecule has 20 heavy (non-hydrogen) atoms. The van der Waals surface area contributed by atoms with E-state index in [1.807, 2.05) is 6.07 Å². The van der Waals surface area contributed by atoms with Gasteiger partial charge in [-0.25, -0.2) is 4.39 Å². The molecule has 0 spiro atoms. The van der Waals surface area contributed by atoms with Crippen molar-refractivity contribution in [2.75, 3.05) is 26.2 Å². The van der Waals surface area contributed by atoms with Gasteiger partial charge in [0, 0.05) is 37.8 Å².